The molecule has 10 nitrogen and oxygen atoms in total. The van der Waals surface area contributed by atoms with Crippen molar-refractivity contribution >= 4 is 23.4 Å². The number of oxime groups is 1. The average Bonchev–Trinajstić information content (AvgIpc) is 3.81. The Kier molecular flexibility index (Phi) is 16.5. The number of ether oxygens (including phenoxy) is 4. The number of hydrogen-bond donors (Lipinski definition) is 2. The van der Waals surface area contributed by atoms with Crippen molar-refractivity contribution in [2.45, 2.75) is 132 Å². The lowest BCUT2D eigenvalue weighted by Gasteiger charge is -2.59. The molecule has 2 N–H and O–H groups in total. The SMILES string of the molecule is C=CCOC12Oc3ccc(OCCSc4ccccc4)cc3C3C(CCCCO)C(CCCCO)C=C(C(=NOC4CCCCO4)CC1N(C)C(=O)CCC1CCCC1)C32. The number of benzene rings is 2. The molecule has 1 saturated heterocycles. The van der Waals surface area contributed by atoms with Gasteiger partial charge in [-0.15, -0.1) is 18.3 Å². The summed E-state index contributed by atoms with van der Waals surface area (Å²) in [4.78, 5) is 23.8. The second-order valence-corrected chi connectivity index (χ2v) is 18.5. The normalized spacial score (nSPS) is 28.0. The second kappa shape index (κ2) is 22.1. The fourth-order valence-electron chi connectivity index (χ4n) is 10.5. The molecule has 2 aromatic carbocycles. The van der Waals surface area contributed by atoms with Gasteiger partial charge in [-0.1, -0.05) is 74.0 Å². The van der Waals surface area contributed by atoms with Gasteiger partial charge < -0.3 is 38.9 Å². The molecule has 0 aromatic heterocycles. The van der Waals surface area contributed by atoms with Crippen LogP contribution in [-0.4, -0.2) is 90.7 Å². The number of carbonyl (C=O) groups excluding carboxylic acids is 1. The van der Waals surface area contributed by atoms with Gasteiger partial charge in [0.1, 0.15) is 17.5 Å². The van der Waals surface area contributed by atoms with E-state index < -0.39 is 18.1 Å². The summed E-state index contributed by atoms with van der Waals surface area (Å²) >= 11 is 1.77. The van der Waals surface area contributed by atoms with Crippen LogP contribution in [0.25, 0.3) is 0 Å². The first kappa shape index (κ1) is 44.7. The number of allylic oxidation sites excluding steroid dienone is 1. The van der Waals surface area contributed by atoms with Crippen molar-refractivity contribution < 1.29 is 38.8 Å². The van der Waals surface area contributed by atoms with Gasteiger partial charge >= 0.3 is 0 Å². The lowest BCUT2D eigenvalue weighted by molar-refractivity contribution is -0.256. The number of rotatable bonds is 22. The molecule has 2 saturated carbocycles. The molecule has 5 aliphatic rings. The summed E-state index contributed by atoms with van der Waals surface area (Å²) in [6.07, 6.45) is 18.1. The van der Waals surface area contributed by atoms with Gasteiger partial charge in [-0.3, -0.25) is 4.79 Å². The second-order valence-electron chi connectivity index (χ2n) is 17.4. The number of amides is 1. The van der Waals surface area contributed by atoms with Crippen LogP contribution in [0, 0.1) is 23.7 Å². The van der Waals surface area contributed by atoms with E-state index in [9.17, 15) is 15.0 Å². The smallest absolute Gasteiger partial charge is 0.239 e. The third kappa shape index (κ3) is 10.6. The number of aliphatic hydroxyl groups is 2. The lowest BCUT2D eigenvalue weighted by atomic mass is 9.55. The average molecular weight is 845 g/mol. The number of hydrogen-bond acceptors (Lipinski definition) is 10. The van der Waals surface area contributed by atoms with Crippen molar-refractivity contribution in [3.8, 4) is 11.5 Å². The molecule has 0 spiro atoms. The van der Waals surface area contributed by atoms with Crippen LogP contribution >= 0.6 is 11.8 Å². The summed E-state index contributed by atoms with van der Waals surface area (Å²) in [5.41, 5.74) is 2.90. The Balaban J connectivity index is 1.31. The van der Waals surface area contributed by atoms with E-state index in [1.165, 1.54) is 30.6 Å². The zero-order valence-corrected chi connectivity index (χ0v) is 36.5. The summed E-state index contributed by atoms with van der Waals surface area (Å²) in [6, 6.07) is 16.0. The maximum absolute atomic E-state index is 14.4. The van der Waals surface area contributed by atoms with E-state index in [4.69, 9.17) is 28.9 Å². The van der Waals surface area contributed by atoms with E-state index in [0.717, 1.165) is 91.9 Å². The largest absolute Gasteiger partial charge is 0.493 e. The van der Waals surface area contributed by atoms with Crippen molar-refractivity contribution in [3.05, 3.63) is 78.4 Å². The maximum atomic E-state index is 14.4. The molecule has 7 rings (SSSR count). The molecule has 60 heavy (non-hydrogen) atoms. The third-order valence-electron chi connectivity index (χ3n) is 13.5. The standard InChI is InChI=1S/C49H68N2O8S/c1-3-28-57-49-44(51(2)45(54)25-22-35-15-7-8-16-35)34-42(50-59-46-21-11-14-29-56-46)40-32-36(17-9-12-26-52)39(20-10-13-27-53)47(48(40)49)41-33-37(23-24-43(41)58-49)55-30-31-60-38-18-5-4-6-19-38/h3-6,18-19,23-24,32-33,35-36,39,44,46-48,52-53H,1,7-17,20-22,25-31,34H2,2H3. The zero-order valence-electron chi connectivity index (χ0n) is 35.7. The minimum Gasteiger partial charge on any atom is -0.493 e. The van der Waals surface area contributed by atoms with Gasteiger partial charge in [-0.25, -0.2) is 0 Å². The van der Waals surface area contributed by atoms with E-state index in [1.54, 1.807) is 17.8 Å². The number of thioether (sulfide) groups is 1. The molecule has 0 bridgehead atoms. The highest BCUT2D eigenvalue weighted by atomic mass is 32.2. The molecule has 11 heteroatoms. The van der Waals surface area contributed by atoms with Crippen molar-refractivity contribution in [3.63, 3.8) is 0 Å². The molecule has 2 aromatic rings. The Hall–Kier alpha value is -3.35. The molecule has 2 heterocycles. The Morgan fingerprint density at radius 3 is 2.53 bits per heavy atom. The molecule has 2 aliphatic heterocycles. The van der Waals surface area contributed by atoms with Crippen LogP contribution in [-0.2, 0) is 19.1 Å². The van der Waals surface area contributed by atoms with Crippen LogP contribution in [0.2, 0.25) is 0 Å². The summed E-state index contributed by atoms with van der Waals surface area (Å²) in [7, 11) is 1.91. The summed E-state index contributed by atoms with van der Waals surface area (Å²) < 4.78 is 26.9. The van der Waals surface area contributed by atoms with Crippen molar-refractivity contribution in [1.29, 1.82) is 0 Å². The van der Waals surface area contributed by atoms with Gasteiger partial charge in [-0.2, -0.15) is 0 Å². The van der Waals surface area contributed by atoms with Crippen LogP contribution in [0.5, 0.6) is 11.5 Å². The Morgan fingerprint density at radius 2 is 1.78 bits per heavy atom. The van der Waals surface area contributed by atoms with Gasteiger partial charge in [0.2, 0.25) is 18.0 Å². The number of nitrogens with zero attached hydrogens (tertiary/aromatic N) is 2. The Morgan fingerprint density at radius 1 is 1.00 bits per heavy atom. The monoisotopic (exact) mass is 844 g/mol. The van der Waals surface area contributed by atoms with Crippen LogP contribution in [0.4, 0.5) is 0 Å². The van der Waals surface area contributed by atoms with E-state index in [2.05, 4.69) is 43.0 Å². The van der Waals surface area contributed by atoms with E-state index in [0.29, 0.717) is 38.4 Å². The fourth-order valence-corrected chi connectivity index (χ4v) is 11.3. The van der Waals surface area contributed by atoms with Crippen molar-refractivity contribution in [2.24, 2.45) is 28.8 Å². The molecule has 0 radical (unpaired) electrons. The Labute approximate surface area is 362 Å². The highest BCUT2D eigenvalue weighted by Crippen LogP contribution is 2.62. The van der Waals surface area contributed by atoms with Gasteiger partial charge in [0, 0.05) is 61.7 Å². The van der Waals surface area contributed by atoms with Crippen molar-refractivity contribution in [2.75, 3.05) is 45.8 Å². The van der Waals surface area contributed by atoms with Crippen molar-refractivity contribution in [1.82, 2.24) is 4.90 Å². The van der Waals surface area contributed by atoms with E-state index in [1.807, 2.05) is 30.1 Å². The van der Waals surface area contributed by atoms with E-state index >= 15 is 0 Å². The summed E-state index contributed by atoms with van der Waals surface area (Å²) in [6.45, 7) is 5.76. The highest BCUT2D eigenvalue weighted by Gasteiger charge is 2.65. The number of unbranched alkanes of at least 4 members (excludes halogenated alkanes) is 2. The number of likely N-dealkylation sites (N-methyl/N-ethyl adjacent to an activating group) is 1. The zero-order chi connectivity index (χ0) is 41.7. The van der Waals surface area contributed by atoms with Gasteiger partial charge in [0.05, 0.1) is 31.5 Å². The third-order valence-corrected chi connectivity index (χ3v) is 14.5. The number of fused-ring (bicyclic) bond motifs is 2. The predicted molar refractivity (Wildman–Crippen MR) is 236 cm³/mol. The number of aliphatic hydroxyl groups excluding tert-OH is 2. The van der Waals surface area contributed by atoms with Gasteiger partial charge in [0.25, 0.3) is 0 Å². The first-order chi connectivity index (χ1) is 29.5. The van der Waals surface area contributed by atoms with Gasteiger partial charge in [-0.05, 0) is 98.6 Å². The van der Waals surface area contributed by atoms with Crippen LogP contribution in [0.3, 0.4) is 0 Å². The predicted octanol–water partition coefficient (Wildman–Crippen LogP) is 9.45. The first-order valence-corrected chi connectivity index (χ1v) is 23.9. The number of carbonyl (C=O) groups is 1. The molecule has 1 amide bonds. The summed E-state index contributed by atoms with van der Waals surface area (Å²) in [5, 5.41) is 24.8. The Bertz CT molecular complexity index is 1740. The minimum atomic E-state index is -1.25. The highest BCUT2D eigenvalue weighted by molar-refractivity contribution is 7.99. The molecule has 3 fully saturated rings. The molecule has 7 unspecified atom stereocenters. The quantitative estimate of drug-likeness (QED) is 0.0517. The molecular weight excluding hydrogens is 777 g/mol. The molecule has 328 valence electrons. The summed E-state index contributed by atoms with van der Waals surface area (Å²) in [5.74, 6) is 1.59. The van der Waals surface area contributed by atoms with Crippen LogP contribution in [0.1, 0.15) is 114 Å². The molecule has 7 atom stereocenters. The molecule has 3 aliphatic carbocycles. The molecular formula is C49H68N2O8S. The van der Waals surface area contributed by atoms with E-state index in [-0.39, 0.29) is 49.4 Å². The van der Waals surface area contributed by atoms with Crippen LogP contribution in [0.15, 0.2) is 82.9 Å². The lowest BCUT2D eigenvalue weighted by Crippen LogP contribution is -2.69. The fraction of sp³-hybridized carbons (Fsp3) is 0.633. The van der Waals surface area contributed by atoms with Crippen LogP contribution < -0.4 is 9.47 Å². The maximum Gasteiger partial charge on any atom is 0.239 e. The minimum absolute atomic E-state index is 0.0806. The topological polar surface area (TPSA) is 119 Å². The first-order valence-electron chi connectivity index (χ1n) is 22.9. The van der Waals surface area contributed by atoms with Gasteiger partial charge in [0.15, 0.2) is 0 Å².